The largest absolute Gasteiger partial charge is 0.392 e. The third-order valence-corrected chi connectivity index (χ3v) is 2.61. The van der Waals surface area contributed by atoms with E-state index in [1.165, 1.54) is 5.56 Å². The molecule has 0 aliphatic heterocycles. The first-order valence-electron chi connectivity index (χ1n) is 5.13. The Morgan fingerprint density at radius 3 is 2.64 bits per heavy atom. The SMILES string of the molecule is CCC(O)C(CN)c1cccc(C)c1. The van der Waals surface area contributed by atoms with E-state index in [9.17, 15) is 5.11 Å². The molecule has 78 valence electrons. The van der Waals surface area contributed by atoms with E-state index in [0.29, 0.717) is 6.54 Å². The molecule has 0 saturated carbocycles. The summed E-state index contributed by atoms with van der Waals surface area (Å²) in [5, 5.41) is 9.78. The Hall–Kier alpha value is -0.860. The summed E-state index contributed by atoms with van der Waals surface area (Å²) in [5.41, 5.74) is 8.02. The summed E-state index contributed by atoms with van der Waals surface area (Å²) in [4.78, 5) is 0. The highest BCUT2D eigenvalue weighted by Crippen LogP contribution is 2.21. The maximum absolute atomic E-state index is 9.78. The molecule has 0 aliphatic rings. The number of hydrogen-bond donors (Lipinski definition) is 2. The first-order valence-corrected chi connectivity index (χ1v) is 5.13. The van der Waals surface area contributed by atoms with Crippen molar-refractivity contribution >= 4 is 0 Å². The van der Waals surface area contributed by atoms with Gasteiger partial charge in [-0.1, -0.05) is 36.8 Å². The lowest BCUT2D eigenvalue weighted by Crippen LogP contribution is -2.25. The van der Waals surface area contributed by atoms with Crippen LogP contribution in [0.5, 0.6) is 0 Å². The van der Waals surface area contributed by atoms with Gasteiger partial charge in [0.05, 0.1) is 6.10 Å². The summed E-state index contributed by atoms with van der Waals surface area (Å²) < 4.78 is 0. The molecule has 0 heterocycles. The van der Waals surface area contributed by atoms with E-state index in [1.54, 1.807) is 0 Å². The van der Waals surface area contributed by atoms with Gasteiger partial charge in [0.2, 0.25) is 0 Å². The first kappa shape index (κ1) is 11.2. The zero-order chi connectivity index (χ0) is 10.6. The summed E-state index contributed by atoms with van der Waals surface area (Å²) >= 11 is 0. The summed E-state index contributed by atoms with van der Waals surface area (Å²) in [7, 11) is 0. The van der Waals surface area contributed by atoms with Crippen LogP contribution in [0.15, 0.2) is 24.3 Å². The zero-order valence-electron chi connectivity index (χ0n) is 8.90. The lowest BCUT2D eigenvalue weighted by atomic mass is 9.91. The monoisotopic (exact) mass is 193 g/mol. The van der Waals surface area contributed by atoms with E-state index in [1.807, 2.05) is 19.1 Å². The highest BCUT2D eigenvalue weighted by molar-refractivity contribution is 5.26. The fourth-order valence-electron chi connectivity index (χ4n) is 1.70. The predicted molar refractivity (Wildman–Crippen MR) is 59.3 cm³/mol. The normalized spacial score (nSPS) is 15.1. The Balaban J connectivity index is 2.89. The second kappa shape index (κ2) is 5.13. The molecular formula is C12H19NO. The molecule has 0 aliphatic carbocycles. The Kier molecular flexibility index (Phi) is 4.11. The molecule has 2 unspecified atom stereocenters. The van der Waals surface area contributed by atoms with Crippen molar-refractivity contribution < 1.29 is 5.11 Å². The lowest BCUT2D eigenvalue weighted by Gasteiger charge is -2.20. The average molecular weight is 193 g/mol. The van der Waals surface area contributed by atoms with Crippen LogP contribution in [0.3, 0.4) is 0 Å². The molecule has 0 saturated heterocycles. The van der Waals surface area contributed by atoms with Gasteiger partial charge in [0.1, 0.15) is 0 Å². The first-order chi connectivity index (χ1) is 6.69. The lowest BCUT2D eigenvalue weighted by molar-refractivity contribution is 0.141. The van der Waals surface area contributed by atoms with Crippen molar-refractivity contribution in [3.8, 4) is 0 Å². The van der Waals surface area contributed by atoms with E-state index >= 15 is 0 Å². The van der Waals surface area contributed by atoms with Crippen LogP contribution < -0.4 is 5.73 Å². The number of aliphatic hydroxyl groups excluding tert-OH is 1. The molecule has 0 aromatic heterocycles. The number of rotatable bonds is 4. The fraction of sp³-hybridized carbons (Fsp3) is 0.500. The van der Waals surface area contributed by atoms with Crippen LogP contribution in [0.4, 0.5) is 0 Å². The number of aryl methyl sites for hydroxylation is 1. The molecule has 1 aromatic carbocycles. The van der Waals surface area contributed by atoms with Crippen molar-refractivity contribution in [3.05, 3.63) is 35.4 Å². The van der Waals surface area contributed by atoms with Crippen molar-refractivity contribution in [2.45, 2.75) is 32.3 Å². The molecule has 0 spiro atoms. The third-order valence-electron chi connectivity index (χ3n) is 2.61. The highest BCUT2D eigenvalue weighted by atomic mass is 16.3. The van der Waals surface area contributed by atoms with Gasteiger partial charge in [0.15, 0.2) is 0 Å². The minimum atomic E-state index is -0.332. The van der Waals surface area contributed by atoms with Crippen molar-refractivity contribution in [1.29, 1.82) is 0 Å². The Bertz CT molecular complexity index is 285. The van der Waals surface area contributed by atoms with Crippen LogP contribution in [0.1, 0.15) is 30.4 Å². The molecule has 2 heteroatoms. The van der Waals surface area contributed by atoms with Crippen LogP contribution in [0.2, 0.25) is 0 Å². The molecule has 0 bridgehead atoms. The molecule has 0 radical (unpaired) electrons. The van der Waals surface area contributed by atoms with Gasteiger partial charge in [0.25, 0.3) is 0 Å². The van der Waals surface area contributed by atoms with Crippen molar-refractivity contribution in [2.24, 2.45) is 5.73 Å². The maximum Gasteiger partial charge on any atom is 0.0618 e. The number of aliphatic hydroxyl groups is 1. The summed E-state index contributed by atoms with van der Waals surface area (Å²) in [6, 6.07) is 8.19. The van der Waals surface area contributed by atoms with Crippen LogP contribution in [-0.4, -0.2) is 17.8 Å². The topological polar surface area (TPSA) is 46.2 Å². The second-order valence-corrected chi connectivity index (χ2v) is 3.73. The van der Waals surface area contributed by atoms with Gasteiger partial charge in [-0.2, -0.15) is 0 Å². The third kappa shape index (κ3) is 2.56. The summed E-state index contributed by atoms with van der Waals surface area (Å²) in [6.07, 6.45) is 0.414. The van der Waals surface area contributed by atoms with Crippen molar-refractivity contribution in [2.75, 3.05) is 6.54 Å². The fourth-order valence-corrected chi connectivity index (χ4v) is 1.70. The average Bonchev–Trinajstić information content (AvgIpc) is 2.19. The number of benzene rings is 1. The van der Waals surface area contributed by atoms with Gasteiger partial charge in [-0.25, -0.2) is 0 Å². The van der Waals surface area contributed by atoms with Crippen LogP contribution in [0, 0.1) is 6.92 Å². The standard InChI is InChI=1S/C12H19NO/c1-3-12(14)11(8-13)10-6-4-5-9(2)7-10/h4-7,11-12,14H,3,8,13H2,1-2H3. The number of nitrogens with two attached hydrogens (primary N) is 1. The van der Waals surface area contributed by atoms with Gasteiger partial charge in [0, 0.05) is 12.5 Å². The Morgan fingerprint density at radius 2 is 2.14 bits per heavy atom. The Labute approximate surface area is 85.8 Å². The van der Waals surface area contributed by atoms with Gasteiger partial charge in [-0.15, -0.1) is 0 Å². The summed E-state index contributed by atoms with van der Waals surface area (Å²) in [5.74, 6) is 0.0694. The molecular weight excluding hydrogens is 174 g/mol. The minimum absolute atomic E-state index is 0.0694. The zero-order valence-corrected chi connectivity index (χ0v) is 8.90. The molecule has 14 heavy (non-hydrogen) atoms. The quantitative estimate of drug-likeness (QED) is 0.766. The molecule has 0 amide bonds. The highest BCUT2D eigenvalue weighted by Gasteiger charge is 2.17. The molecule has 2 nitrogen and oxygen atoms in total. The van der Waals surface area contributed by atoms with Crippen LogP contribution in [-0.2, 0) is 0 Å². The Morgan fingerprint density at radius 1 is 1.43 bits per heavy atom. The molecule has 3 N–H and O–H groups in total. The van der Waals surface area contributed by atoms with Gasteiger partial charge < -0.3 is 10.8 Å². The molecule has 1 aromatic rings. The van der Waals surface area contributed by atoms with Crippen molar-refractivity contribution in [3.63, 3.8) is 0 Å². The molecule has 1 rings (SSSR count). The molecule has 2 atom stereocenters. The maximum atomic E-state index is 9.78. The van der Waals surface area contributed by atoms with Gasteiger partial charge >= 0.3 is 0 Å². The minimum Gasteiger partial charge on any atom is -0.392 e. The van der Waals surface area contributed by atoms with Crippen molar-refractivity contribution in [1.82, 2.24) is 0 Å². The van der Waals surface area contributed by atoms with E-state index in [4.69, 9.17) is 5.73 Å². The predicted octanol–water partition coefficient (Wildman–Crippen LogP) is 1.81. The van der Waals surface area contributed by atoms with Crippen LogP contribution >= 0.6 is 0 Å². The smallest absolute Gasteiger partial charge is 0.0618 e. The van der Waals surface area contributed by atoms with E-state index in [-0.39, 0.29) is 12.0 Å². The van der Waals surface area contributed by atoms with Crippen LogP contribution in [0.25, 0.3) is 0 Å². The van der Waals surface area contributed by atoms with E-state index in [2.05, 4.69) is 19.1 Å². The van der Waals surface area contributed by atoms with E-state index in [0.717, 1.165) is 12.0 Å². The second-order valence-electron chi connectivity index (χ2n) is 3.73. The summed E-state index contributed by atoms with van der Waals surface area (Å²) in [6.45, 7) is 4.52. The van der Waals surface area contributed by atoms with Gasteiger partial charge in [-0.3, -0.25) is 0 Å². The van der Waals surface area contributed by atoms with Gasteiger partial charge in [-0.05, 0) is 18.9 Å². The van der Waals surface area contributed by atoms with E-state index < -0.39 is 0 Å². The number of hydrogen-bond acceptors (Lipinski definition) is 2. The molecule has 0 fully saturated rings.